The molecule has 0 radical (unpaired) electrons. The summed E-state index contributed by atoms with van der Waals surface area (Å²) in [6.07, 6.45) is -4.55. The van der Waals surface area contributed by atoms with E-state index in [0.717, 1.165) is 6.07 Å². The van der Waals surface area contributed by atoms with Crippen molar-refractivity contribution in [2.24, 2.45) is 11.0 Å². The molecule has 1 unspecified atom stereocenters. The lowest BCUT2D eigenvalue weighted by molar-refractivity contribution is -0.274. The maximum Gasteiger partial charge on any atom is 0.573 e. The van der Waals surface area contributed by atoms with Crippen molar-refractivity contribution >= 4 is 27.5 Å². The molecule has 6 nitrogen and oxygen atoms in total. The molecule has 1 heterocycles. The van der Waals surface area contributed by atoms with E-state index >= 15 is 0 Å². The summed E-state index contributed by atoms with van der Waals surface area (Å²) in [7, 11) is 0. The Labute approximate surface area is 131 Å². The van der Waals surface area contributed by atoms with Crippen molar-refractivity contribution in [2.45, 2.75) is 12.8 Å². The van der Waals surface area contributed by atoms with Gasteiger partial charge in [-0.05, 0) is 45.6 Å². The van der Waals surface area contributed by atoms with Gasteiger partial charge in [0.05, 0.1) is 4.47 Å². The van der Waals surface area contributed by atoms with Crippen LogP contribution in [0.4, 0.5) is 18.9 Å². The standard InChI is InChI=1S/C12H10BrF3N4O2/c13-9-4-8(1-2-10(9)22-12(14,15)16)20-6-7(3-11(20)21)5-18-19-17/h1-2,4,7H,3,5-6H2. The maximum atomic E-state index is 12.2. The molecule has 1 aliphatic heterocycles. The number of rotatable bonds is 4. The van der Waals surface area contributed by atoms with Crippen molar-refractivity contribution < 1.29 is 22.7 Å². The Morgan fingerprint density at radius 3 is 2.82 bits per heavy atom. The molecular formula is C12H10BrF3N4O2. The minimum atomic E-state index is -4.78. The molecule has 0 aromatic heterocycles. The largest absolute Gasteiger partial charge is 0.573 e. The summed E-state index contributed by atoms with van der Waals surface area (Å²) < 4.78 is 40.6. The normalized spacial score (nSPS) is 18.3. The van der Waals surface area contributed by atoms with Gasteiger partial charge in [-0.15, -0.1) is 13.2 Å². The zero-order valence-corrected chi connectivity index (χ0v) is 12.6. The fourth-order valence-electron chi connectivity index (χ4n) is 2.17. The van der Waals surface area contributed by atoms with E-state index in [-0.39, 0.29) is 35.0 Å². The monoisotopic (exact) mass is 378 g/mol. The van der Waals surface area contributed by atoms with Crippen LogP contribution in [0, 0.1) is 5.92 Å². The number of ether oxygens (including phenoxy) is 1. The predicted octanol–water partition coefficient (Wildman–Crippen LogP) is 4.01. The van der Waals surface area contributed by atoms with E-state index < -0.39 is 6.36 Å². The summed E-state index contributed by atoms with van der Waals surface area (Å²) in [5.74, 6) is -0.656. The molecule has 1 aliphatic rings. The quantitative estimate of drug-likeness (QED) is 0.450. The van der Waals surface area contributed by atoms with Crippen molar-refractivity contribution in [3.05, 3.63) is 33.1 Å². The number of hydrogen-bond donors (Lipinski definition) is 0. The molecule has 10 heteroatoms. The third-order valence-electron chi connectivity index (χ3n) is 3.06. The first-order valence-corrected chi connectivity index (χ1v) is 6.96. The summed E-state index contributed by atoms with van der Waals surface area (Å²) in [4.78, 5) is 16.0. The minimum absolute atomic E-state index is 0.0913. The summed E-state index contributed by atoms with van der Waals surface area (Å²) in [5, 5.41) is 3.44. The van der Waals surface area contributed by atoms with Crippen LogP contribution >= 0.6 is 15.9 Å². The van der Waals surface area contributed by atoms with Gasteiger partial charge in [0.15, 0.2) is 0 Å². The number of alkyl halides is 3. The smallest absolute Gasteiger partial charge is 0.405 e. The number of hydrogen-bond acceptors (Lipinski definition) is 3. The molecule has 2 rings (SSSR count). The topological polar surface area (TPSA) is 78.3 Å². The Morgan fingerprint density at radius 2 is 2.23 bits per heavy atom. The maximum absolute atomic E-state index is 12.2. The van der Waals surface area contributed by atoms with Gasteiger partial charge in [-0.3, -0.25) is 4.79 Å². The highest BCUT2D eigenvalue weighted by molar-refractivity contribution is 9.10. The summed E-state index contributed by atoms with van der Waals surface area (Å²) in [5.41, 5.74) is 8.74. The second kappa shape index (κ2) is 6.45. The van der Waals surface area contributed by atoms with Crippen LogP contribution in [0.3, 0.4) is 0 Å². The lowest BCUT2D eigenvalue weighted by Gasteiger charge is -2.18. The van der Waals surface area contributed by atoms with Crippen LogP contribution in [0.2, 0.25) is 0 Å². The van der Waals surface area contributed by atoms with Gasteiger partial charge in [0.25, 0.3) is 0 Å². The van der Waals surface area contributed by atoms with E-state index in [1.807, 2.05) is 0 Å². The highest BCUT2D eigenvalue weighted by atomic mass is 79.9. The van der Waals surface area contributed by atoms with Crippen LogP contribution in [-0.2, 0) is 4.79 Å². The third-order valence-corrected chi connectivity index (χ3v) is 3.68. The molecule has 0 aliphatic carbocycles. The Hall–Kier alpha value is -1.93. The lowest BCUT2D eigenvalue weighted by Crippen LogP contribution is -2.25. The van der Waals surface area contributed by atoms with Crippen LogP contribution in [0.25, 0.3) is 10.4 Å². The fourth-order valence-corrected chi connectivity index (χ4v) is 2.62. The number of azide groups is 1. The van der Waals surface area contributed by atoms with E-state index in [4.69, 9.17) is 5.53 Å². The zero-order chi connectivity index (χ0) is 16.3. The van der Waals surface area contributed by atoms with Gasteiger partial charge in [0, 0.05) is 30.1 Å². The third kappa shape index (κ3) is 4.05. The van der Waals surface area contributed by atoms with Crippen molar-refractivity contribution in [3.63, 3.8) is 0 Å². The summed E-state index contributed by atoms with van der Waals surface area (Å²) >= 11 is 2.99. The van der Waals surface area contributed by atoms with Crippen molar-refractivity contribution in [1.82, 2.24) is 0 Å². The van der Waals surface area contributed by atoms with Gasteiger partial charge in [-0.1, -0.05) is 5.11 Å². The Balaban J connectivity index is 2.15. The van der Waals surface area contributed by atoms with E-state index in [2.05, 4.69) is 30.7 Å². The number of carbonyl (C=O) groups is 1. The molecule has 1 aromatic carbocycles. The number of nitrogens with zero attached hydrogens (tertiary/aromatic N) is 4. The molecule has 0 N–H and O–H groups in total. The number of halogens is 4. The van der Waals surface area contributed by atoms with Gasteiger partial charge in [0.2, 0.25) is 5.91 Å². The van der Waals surface area contributed by atoms with Crippen LogP contribution < -0.4 is 9.64 Å². The van der Waals surface area contributed by atoms with Gasteiger partial charge < -0.3 is 9.64 Å². The molecule has 118 valence electrons. The SMILES string of the molecule is [N-]=[N+]=NCC1CC(=O)N(c2ccc(OC(F)(F)F)c(Br)c2)C1. The van der Waals surface area contributed by atoms with E-state index in [9.17, 15) is 18.0 Å². The molecule has 1 saturated heterocycles. The molecule has 22 heavy (non-hydrogen) atoms. The van der Waals surface area contributed by atoms with E-state index in [1.165, 1.54) is 17.0 Å². The van der Waals surface area contributed by atoms with E-state index in [1.54, 1.807) is 0 Å². The number of carbonyl (C=O) groups excluding carboxylic acids is 1. The van der Waals surface area contributed by atoms with Gasteiger partial charge >= 0.3 is 6.36 Å². The molecule has 0 spiro atoms. The first kappa shape index (κ1) is 16.4. The molecule has 1 atom stereocenters. The van der Waals surface area contributed by atoms with Gasteiger partial charge in [0.1, 0.15) is 5.75 Å². The molecule has 1 aromatic rings. The molecule has 1 fully saturated rings. The van der Waals surface area contributed by atoms with Gasteiger partial charge in [-0.2, -0.15) is 0 Å². The lowest BCUT2D eigenvalue weighted by atomic mass is 10.1. The number of amides is 1. The molecular weight excluding hydrogens is 369 g/mol. The summed E-state index contributed by atoms with van der Waals surface area (Å²) in [6, 6.07) is 3.90. The minimum Gasteiger partial charge on any atom is -0.405 e. The highest BCUT2D eigenvalue weighted by Crippen LogP contribution is 2.35. The van der Waals surface area contributed by atoms with Crippen molar-refractivity contribution in [2.75, 3.05) is 18.0 Å². The fraction of sp³-hybridized carbons (Fsp3) is 0.417. The number of anilines is 1. The average molecular weight is 379 g/mol. The second-order valence-corrected chi connectivity index (χ2v) is 5.50. The molecule has 0 bridgehead atoms. The second-order valence-electron chi connectivity index (χ2n) is 4.65. The van der Waals surface area contributed by atoms with Crippen LogP contribution in [-0.4, -0.2) is 25.4 Å². The van der Waals surface area contributed by atoms with Gasteiger partial charge in [-0.25, -0.2) is 0 Å². The first-order valence-electron chi connectivity index (χ1n) is 6.16. The number of benzene rings is 1. The van der Waals surface area contributed by atoms with Crippen molar-refractivity contribution in [1.29, 1.82) is 0 Å². The molecule has 0 saturated carbocycles. The van der Waals surface area contributed by atoms with Crippen LogP contribution in [0.15, 0.2) is 27.8 Å². The Bertz CT molecular complexity index is 631. The Morgan fingerprint density at radius 1 is 1.50 bits per heavy atom. The average Bonchev–Trinajstić information content (AvgIpc) is 2.78. The zero-order valence-electron chi connectivity index (χ0n) is 11.0. The first-order chi connectivity index (χ1) is 10.3. The van der Waals surface area contributed by atoms with Crippen molar-refractivity contribution in [3.8, 4) is 5.75 Å². The summed E-state index contributed by atoms with van der Waals surface area (Å²) in [6.45, 7) is 0.555. The van der Waals surface area contributed by atoms with Crippen LogP contribution in [0.1, 0.15) is 6.42 Å². The predicted molar refractivity (Wildman–Crippen MR) is 75.3 cm³/mol. The Kier molecular flexibility index (Phi) is 4.82. The van der Waals surface area contributed by atoms with E-state index in [0.29, 0.717) is 12.2 Å². The van der Waals surface area contributed by atoms with Crippen LogP contribution in [0.5, 0.6) is 5.75 Å². The highest BCUT2D eigenvalue weighted by Gasteiger charge is 2.33. The molecule has 1 amide bonds.